The number of nitrogens with one attached hydrogen (secondary N) is 1. The van der Waals surface area contributed by atoms with Gasteiger partial charge in [-0.2, -0.15) is 0 Å². The van der Waals surface area contributed by atoms with Crippen molar-refractivity contribution < 1.29 is 4.39 Å². The zero-order valence-corrected chi connectivity index (χ0v) is 11.5. The van der Waals surface area contributed by atoms with Gasteiger partial charge in [-0.05, 0) is 61.9 Å². The van der Waals surface area contributed by atoms with Crippen LogP contribution in [0.1, 0.15) is 56.2 Å². The van der Waals surface area contributed by atoms with Crippen LogP contribution in [-0.2, 0) is 0 Å². The molecule has 1 aromatic rings. The minimum absolute atomic E-state index is 0.111. The third-order valence-corrected chi connectivity index (χ3v) is 3.67. The molecule has 1 aliphatic carbocycles. The molecule has 0 bridgehead atoms. The number of aryl methyl sites for hydroxylation is 1. The third-order valence-electron chi connectivity index (χ3n) is 3.67. The summed E-state index contributed by atoms with van der Waals surface area (Å²) < 4.78 is 13.5. The third kappa shape index (κ3) is 4.09. The van der Waals surface area contributed by atoms with Gasteiger partial charge in [0.25, 0.3) is 0 Å². The Morgan fingerprint density at radius 3 is 2.72 bits per heavy atom. The molecule has 0 aromatic heterocycles. The standard InChI is InChI=1S/C16H24FN/c1-3-8-18-16(7-6-13-4-5-13)14-9-12(2)10-15(17)11-14/h9-11,13,16,18H,3-8H2,1-2H3. The average molecular weight is 249 g/mol. The van der Waals surface area contributed by atoms with Gasteiger partial charge in [0.1, 0.15) is 5.82 Å². The summed E-state index contributed by atoms with van der Waals surface area (Å²) in [6.07, 6.45) is 6.31. The lowest BCUT2D eigenvalue weighted by atomic mass is 9.98. The molecule has 100 valence electrons. The first-order valence-electron chi connectivity index (χ1n) is 7.19. The van der Waals surface area contributed by atoms with Gasteiger partial charge in [0.05, 0.1) is 0 Å². The van der Waals surface area contributed by atoms with Crippen molar-refractivity contribution in [3.63, 3.8) is 0 Å². The predicted molar refractivity (Wildman–Crippen MR) is 74.1 cm³/mol. The first-order valence-corrected chi connectivity index (χ1v) is 7.19. The SMILES string of the molecule is CCCNC(CCC1CC1)c1cc(C)cc(F)c1. The summed E-state index contributed by atoms with van der Waals surface area (Å²) in [5, 5.41) is 3.56. The van der Waals surface area contributed by atoms with Gasteiger partial charge in [0, 0.05) is 6.04 Å². The molecule has 0 radical (unpaired) electrons. The van der Waals surface area contributed by atoms with Crippen molar-refractivity contribution in [2.24, 2.45) is 5.92 Å². The van der Waals surface area contributed by atoms with Crippen LogP contribution in [0.3, 0.4) is 0 Å². The Labute approximate surface area is 110 Å². The fourth-order valence-corrected chi connectivity index (χ4v) is 2.48. The zero-order valence-electron chi connectivity index (χ0n) is 11.5. The summed E-state index contributed by atoms with van der Waals surface area (Å²) in [5.74, 6) is 0.824. The van der Waals surface area contributed by atoms with Gasteiger partial charge in [-0.25, -0.2) is 4.39 Å². The minimum Gasteiger partial charge on any atom is -0.310 e. The fourth-order valence-electron chi connectivity index (χ4n) is 2.48. The maximum absolute atomic E-state index is 13.5. The van der Waals surface area contributed by atoms with Crippen molar-refractivity contribution in [2.75, 3.05) is 6.54 Å². The van der Waals surface area contributed by atoms with Crippen LogP contribution >= 0.6 is 0 Å². The van der Waals surface area contributed by atoms with E-state index in [0.29, 0.717) is 6.04 Å². The smallest absolute Gasteiger partial charge is 0.123 e. The van der Waals surface area contributed by atoms with Crippen LogP contribution in [0.4, 0.5) is 4.39 Å². The van der Waals surface area contributed by atoms with Crippen LogP contribution in [0.2, 0.25) is 0 Å². The van der Waals surface area contributed by atoms with Crippen LogP contribution < -0.4 is 5.32 Å². The molecule has 1 atom stereocenters. The molecule has 0 aliphatic heterocycles. The van der Waals surface area contributed by atoms with Crippen LogP contribution in [0.15, 0.2) is 18.2 Å². The van der Waals surface area contributed by atoms with Gasteiger partial charge in [-0.3, -0.25) is 0 Å². The molecule has 1 N–H and O–H groups in total. The summed E-state index contributed by atoms with van der Waals surface area (Å²) in [5.41, 5.74) is 2.13. The predicted octanol–water partition coefficient (Wildman–Crippen LogP) is 4.37. The second-order valence-corrected chi connectivity index (χ2v) is 5.59. The molecular formula is C16H24FN. The maximum Gasteiger partial charge on any atom is 0.123 e. The Balaban J connectivity index is 2.03. The van der Waals surface area contributed by atoms with Gasteiger partial charge < -0.3 is 5.32 Å². The van der Waals surface area contributed by atoms with Crippen LogP contribution in [0, 0.1) is 18.7 Å². The van der Waals surface area contributed by atoms with Gasteiger partial charge >= 0.3 is 0 Å². The molecule has 1 fully saturated rings. The van der Waals surface area contributed by atoms with E-state index >= 15 is 0 Å². The topological polar surface area (TPSA) is 12.0 Å². The van der Waals surface area contributed by atoms with Crippen molar-refractivity contribution in [3.05, 3.63) is 35.1 Å². The lowest BCUT2D eigenvalue weighted by Crippen LogP contribution is -2.22. The molecule has 0 spiro atoms. The van der Waals surface area contributed by atoms with Crippen molar-refractivity contribution in [1.29, 1.82) is 0 Å². The number of halogens is 1. The van der Waals surface area contributed by atoms with Crippen molar-refractivity contribution in [1.82, 2.24) is 5.32 Å². The van der Waals surface area contributed by atoms with Crippen LogP contribution in [0.5, 0.6) is 0 Å². The second kappa shape index (κ2) is 6.33. The van der Waals surface area contributed by atoms with Gasteiger partial charge in [-0.15, -0.1) is 0 Å². The quantitative estimate of drug-likeness (QED) is 0.757. The molecular weight excluding hydrogens is 225 g/mol. The summed E-state index contributed by atoms with van der Waals surface area (Å²) in [6.45, 7) is 5.14. The number of benzene rings is 1. The van der Waals surface area contributed by atoms with Crippen LogP contribution in [0.25, 0.3) is 0 Å². The summed E-state index contributed by atoms with van der Waals surface area (Å²) in [7, 11) is 0. The molecule has 0 amide bonds. The van der Waals surface area contributed by atoms with Crippen molar-refractivity contribution in [3.8, 4) is 0 Å². The Hall–Kier alpha value is -0.890. The Morgan fingerprint density at radius 1 is 1.33 bits per heavy atom. The highest BCUT2D eigenvalue weighted by molar-refractivity contribution is 5.26. The summed E-state index contributed by atoms with van der Waals surface area (Å²) >= 11 is 0. The summed E-state index contributed by atoms with van der Waals surface area (Å²) in [6, 6.07) is 5.72. The Kier molecular flexibility index (Phi) is 4.76. The molecule has 1 saturated carbocycles. The van der Waals surface area contributed by atoms with Crippen LogP contribution in [-0.4, -0.2) is 6.54 Å². The number of hydrogen-bond donors (Lipinski definition) is 1. The Morgan fingerprint density at radius 2 is 2.11 bits per heavy atom. The molecule has 0 saturated heterocycles. The monoisotopic (exact) mass is 249 g/mol. The highest BCUT2D eigenvalue weighted by Crippen LogP contribution is 2.36. The zero-order chi connectivity index (χ0) is 13.0. The molecule has 1 aliphatic rings. The normalized spacial score (nSPS) is 16.8. The molecule has 1 unspecified atom stereocenters. The molecule has 1 nitrogen and oxygen atoms in total. The molecule has 2 rings (SSSR count). The molecule has 2 heteroatoms. The van der Waals surface area contributed by atoms with Gasteiger partial charge in [0.2, 0.25) is 0 Å². The highest BCUT2D eigenvalue weighted by atomic mass is 19.1. The molecule has 18 heavy (non-hydrogen) atoms. The first kappa shape index (κ1) is 13.5. The lowest BCUT2D eigenvalue weighted by molar-refractivity contribution is 0.467. The van der Waals surface area contributed by atoms with E-state index in [9.17, 15) is 4.39 Å². The lowest BCUT2D eigenvalue weighted by Gasteiger charge is -2.19. The summed E-state index contributed by atoms with van der Waals surface area (Å²) in [4.78, 5) is 0. The van der Waals surface area contributed by atoms with E-state index < -0.39 is 0 Å². The van der Waals surface area contributed by atoms with E-state index in [0.717, 1.165) is 36.4 Å². The molecule has 1 aromatic carbocycles. The van der Waals surface area contributed by atoms with Gasteiger partial charge in [0.15, 0.2) is 0 Å². The maximum atomic E-state index is 13.5. The number of hydrogen-bond acceptors (Lipinski definition) is 1. The number of rotatable bonds is 7. The first-order chi connectivity index (χ1) is 8.69. The second-order valence-electron chi connectivity index (χ2n) is 5.59. The Bertz CT molecular complexity index is 364. The van der Waals surface area contributed by atoms with E-state index in [1.165, 1.54) is 19.3 Å². The van der Waals surface area contributed by atoms with E-state index in [2.05, 4.69) is 18.3 Å². The highest BCUT2D eigenvalue weighted by Gasteiger charge is 2.23. The van der Waals surface area contributed by atoms with E-state index in [1.54, 1.807) is 12.1 Å². The minimum atomic E-state index is -0.111. The van der Waals surface area contributed by atoms with E-state index in [1.807, 2.05) is 6.92 Å². The fraction of sp³-hybridized carbons (Fsp3) is 0.625. The average Bonchev–Trinajstić information content (AvgIpc) is 3.11. The molecule has 0 heterocycles. The van der Waals surface area contributed by atoms with Crippen molar-refractivity contribution in [2.45, 2.75) is 52.0 Å². The van der Waals surface area contributed by atoms with E-state index in [4.69, 9.17) is 0 Å². The van der Waals surface area contributed by atoms with Crippen molar-refractivity contribution >= 4 is 0 Å². The van der Waals surface area contributed by atoms with E-state index in [-0.39, 0.29) is 5.82 Å². The largest absolute Gasteiger partial charge is 0.310 e. The van der Waals surface area contributed by atoms with Gasteiger partial charge in [-0.1, -0.05) is 25.8 Å².